The number of aromatic carboxylic acids is 1. The minimum atomic E-state index is -1.01. The zero-order chi connectivity index (χ0) is 21.7. The molecule has 0 atom stereocenters. The molecule has 6 nitrogen and oxygen atoms in total. The van der Waals surface area contributed by atoms with E-state index in [0.29, 0.717) is 39.5 Å². The molecular formula is C23H26O6. The molecule has 2 aromatic rings. The molecule has 1 N–H and O–H groups in total. The van der Waals surface area contributed by atoms with Crippen LogP contribution in [0.15, 0.2) is 30.3 Å². The molecule has 0 aliphatic carbocycles. The van der Waals surface area contributed by atoms with E-state index in [0.717, 1.165) is 0 Å². The van der Waals surface area contributed by atoms with Crippen LogP contribution < -0.4 is 14.2 Å². The second-order valence-electron chi connectivity index (χ2n) is 6.85. The van der Waals surface area contributed by atoms with Crippen LogP contribution in [0.1, 0.15) is 51.3 Å². The zero-order valence-corrected chi connectivity index (χ0v) is 17.5. The summed E-state index contributed by atoms with van der Waals surface area (Å²) in [6.07, 6.45) is 2.89. The first-order chi connectivity index (χ1) is 13.7. The average molecular weight is 398 g/mol. The first-order valence-electron chi connectivity index (χ1n) is 9.18. The molecule has 0 aliphatic heterocycles. The van der Waals surface area contributed by atoms with E-state index in [1.54, 1.807) is 44.2 Å². The molecule has 0 aliphatic rings. The van der Waals surface area contributed by atoms with E-state index in [4.69, 9.17) is 14.2 Å². The van der Waals surface area contributed by atoms with Gasteiger partial charge in [-0.2, -0.15) is 0 Å². The van der Waals surface area contributed by atoms with E-state index in [2.05, 4.69) is 0 Å². The molecule has 2 rings (SSSR count). The predicted molar refractivity (Wildman–Crippen MR) is 112 cm³/mol. The number of carbonyl (C=O) groups excluding carboxylic acids is 1. The first kappa shape index (κ1) is 22.0. The van der Waals surface area contributed by atoms with Gasteiger partial charge in [0.25, 0.3) is 0 Å². The lowest BCUT2D eigenvalue weighted by Gasteiger charge is -2.18. The van der Waals surface area contributed by atoms with Gasteiger partial charge in [-0.25, -0.2) is 4.79 Å². The third-order valence-electron chi connectivity index (χ3n) is 4.40. The number of carboxylic acids is 1. The largest absolute Gasteiger partial charge is 0.497 e. The Labute approximate surface area is 170 Å². The summed E-state index contributed by atoms with van der Waals surface area (Å²) in [6, 6.07) is 6.70. The SMILES string of the molecule is COc1ccc(OC)c(C(=O)C=Cc2cc(C)c(C(=O)O)c(C)c2OC(C)C)c1. The molecule has 0 heterocycles. The highest BCUT2D eigenvalue weighted by Gasteiger charge is 2.19. The van der Waals surface area contributed by atoms with Crippen molar-refractivity contribution >= 4 is 17.8 Å². The Morgan fingerprint density at radius 3 is 2.31 bits per heavy atom. The lowest BCUT2D eigenvalue weighted by molar-refractivity contribution is 0.0694. The minimum absolute atomic E-state index is 0.153. The molecule has 0 amide bonds. The Kier molecular flexibility index (Phi) is 7.04. The van der Waals surface area contributed by atoms with Crippen molar-refractivity contribution < 1.29 is 28.9 Å². The number of hydrogen-bond acceptors (Lipinski definition) is 5. The number of methoxy groups -OCH3 is 2. The summed E-state index contributed by atoms with van der Waals surface area (Å²) in [4.78, 5) is 24.4. The first-order valence-corrected chi connectivity index (χ1v) is 9.18. The lowest BCUT2D eigenvalue weighted by Crippen LogP contribution is -2.12. The van der Waals surface area contributed by atoms with Crippen LogP contribution in [0.5, 0.6) is 17.2 Å². The highest BCUT2D eigenvalue weighted by molar-refractivity contribution is 6.09. The zero-order valence-electron chi connectivity index (χ0n) is 17.5. The number of ketones is 1. The molecule has 2 aromatic carbocycles. The predicted octanol–water partition coefficient (Wildman–Crippen LogP) is 4.70. The molecule has 0 spiro atoms. The highest BCUT2D eigenvalue weighted by atomic mass is 16.5. The molecule has 0 saturated heterocycles. The fourth-order valence-corrected chi connectivity index (χ4v) is 3.10. The van der Waals surface area contributed by atoms with E-state index in [1.807, 2.05) is 13.8 Å². The van der Waals surface area contributed by atoms with E-state index >= 15 is 0 Å². The molecular weight excluding hydrogens is 372 g/mol. The standard InChI is InChI=1S/C23H26O6/c1-13(2)29-22-15(4)21(23(25)26)14(3)11-16(22)7-9-19(24)18-12-17(27-5)8-10-20(18)28-6/h7-13H,1-6H3,(H,25,26). The molecule has 0 bridgehead atoms. The van der Waals surface area contributed by atoms with Crippen molar-refractivity contribution in [1.29, 1.82) is 0 Å². The Morgan fingerprint density at radius 2 is 1.76 bits per heavy atom. The number of allylic oxidation sites excluding steroid dienone is 1. The van der Waals surface area contributed by atoms with E-state index in [-0.39, 0.29) is 17.5 Å². The van der Waals surface area contributed by atoms with E-state index in [9.17, 15) is 14.7 Å². The average Bonchev–Trinajstić information content (AvgIpc) is 2.67. The highest BCUT2D eigenvalue weighted by Crippen LogP contribution is 2.32. The maximum absolute atomic E-state index is 12.8. The van der Waals surface area contributed by atoms with Crippen LogP contribution in [-0.2, 0) is 0 Å². The van der Waals surface area contributed by atoms with Crippen molar-refractivity contribution in [2.75, 3.05) is 14.2 Å². The van der Waals surface area contributed by atoms with Gasteiger partial charge in [-0.05, 0) is 69.7 Å². The number of aryl methyl sites for hydroxylation is 1. The Hall–Kier alpha value is -3.28. The number of carbonyl (C=O) groups is 2. The fraction of sp³-hybridized carbons (Fsp3) is 0.304. The normalized spacial score (nSPS) is 11.0. The maximum atomic E-state index is 12.8. The molecule has 6 heteroatoms. The molecule has 29 heavy (non-hydrogen) atoms. The molecule has 0 saturated carbocycles. The van der Waals surface area contributed by atoms with Crippen LogP contribution in [0.25, 0.3) is 6.08 Å². The Balaban J connectivity index is 2.51. The van der Waals surface area contributed by atoms with Crippen molar-refractivity contribution in [3.8, 4) is 17.2 Å². The summed E-state index contributed by atoms with van der Waals surface area (Å²) in [7, 11) is 3.02. The third kappa shape index (κ3) is 4.96. The van der Waals surface area contributed by atoms with Gasteiger partial charge in [0.15, 0.2) is 5.78 Å². The number of rotatable bonds is 8. The van der Waals surface area contributed by atoms with Crippen molar-refractivity contribution in [2.24, 2.45) is 0 Å². The molecule has 154 valence electrons. The smallest absolute Gasteiger partial charge is 0.336 e. The summed E-state index contributed by atoms with van der Waals surface area (Å²) in [5.74, 6) is 0.149. The van der Waals surface area contributed by atoms with Crippen LogP contribution >= 0.6 is 0 Å². The summed E-state index contributed by atoms with van der Waals surface area (Å²) in [6.45, 7) is 7.15. The summed E-state index contributed by atoms with van der Waals surface area (Å²) < 4.78 is 16.3. The van der Waals surface area contributed by atoms with Crippen LogP contribution in [-0.4, -0.2) is 37.2 Å². The van der Waals surface area contributed by atoms with Gasteiger partial charge in [0, 0.05) is 11.1 Å². The van der Waals surface area contributed by atoms with Crippen LogP contribution in [0, 0.1) is 13.8 Å². The molecule has 0 unspecified atom stereocenters. The maximum Gasteiger partial charge on any atom is 0.336 e. The Bertz CT molecular complexity index is 956. The van der Waals surface area contributed by atoms with E-state index < -0.39 is 5.97 Å². The van der Waals surface area contributed by atoms with Crippen LogP contribution in [0.2, 0.25) is 0 Å². The minimum Gasteiger partial charge on any atom is -0.497 e. The van der Waals surface area contributed by atoms with Gasteiger partial charge in [0.2, 0.25) is 0 Å². The van der Waals surface area contributed by atoms with Crippen LogP contribution in [0.4, 0.5) is 0 Å². The topological polar surface area (TPSA) is 82.1 Å². The summed E-state index contributed by atoms with van der Waals surface area (Å²) >= 11 is 0. The second-order valence-corrected chi connectivity index (χ2v) is 6.85. The lowest BCUT2D eigenvalue weighted by atomic mass is 9.97. The monoisotopic (exact) mass is 398 g/mol. The van der Waals surface area contributed by atoms with Gasteiger partial charge in [-0.1, -0.05) is 0 Å². The molecule has 0 aromatic heterocycles. The summed E-state index contributed by atoms with van der Waals surface area (Å²) in [5, 5.41) is 9.52. The fourth-order valence-electron chi connectivity index (χ4n) is 3.10. The van der Waals surface area contributed by atoms with Gasteiger partial charge in [0.05, 0.1) is 31.5 Å². The molecule has 0 radical (unpaired) electrons. The van der Waals surface area contributed by atoms with Crippen LogP contribution in [0.3, 0.4) is 0 Å². The van der Waals surface area contributed by atoms with Gasteiger partial charge in [0.1, 0.15) is 17.2 Å². The van der Waals surface area contributed by atoms with E-state index in [1.165, 1.54) is 20.3 Å². The van der Waals surface area contributed by atoms with Gasteiger partial charge >= 0.3 is 5.97 Å². The van der Waals surface area contributed by atoms with Gasteiger partial charge in [-0.15, -0.1) is 0 Å². The Morgan fingerprint density at radius 1 is 1.07 bits per heavy atom. The van der Waals surface area contributed by atoms with Gasteiger partial charge < -0.3 is 19.3 Å². The van der Waals surface area contributed by atoms with Gasteiger partial charge in [-0.3, -0.25) is 4.79 Å². The quantitative estimate of drug-likeness (QED) is 0.513. The van der Waals surface area contributed by atoms with Crippen molar-refractivity contribution in [2.45, 2.75) is 33.8 Å². The number of hydrogen-bond donors (Lipinski definition) is 1. The van der Waals surface area contributed by atoms with Crippen molar-refractivity contribution in [3.63, 3.8) is 0 Å². The third-order valence-corrected chi connectivity index (χ3v) is 4.40. The summed E-state index contributed by atoms with van der Waals surface area (Å²) in [5.41, 5.74) is 2.33. The van der Waals surface area contributed by atoms with Crippen molar-refractivity contribution in [1.82, 2.24) is 0 Å². The second kappa shape index (κ2) is 9.28. The van der Waals surface area contributed by atoms with Crippen molar-refractivity contribution in [3.05, 3.63) is 58.2 Å². The number of ether oxygens (including phenoxy) is 3. The molecule has 0 fully saturated rings. The number of carboxylic acid groups (broad SMARTS) is 1. The number of benzene rings is 2.